The van der Waals surface area contributed by atoms with E-state index in [1.807, 2.05) is 19.1 Å². The van der Waals surface area contributed by atoms with E-state index < -0.39 is 15.2 Å². The van der Waals surface area contributed by atoms with Crippen LogP contribution >= 0.6 is 21.7 Å². The molecule has 2 atom stereocenters. The average Bonchev–Trinajstić information content (AvgIpc) is 2.28. The zero-order valence-electron chi connectivity index (χ0n) is 9.16. The van der Waals surface area contributed by atoms with Gasteiger partial charge in [0.2, 0.25) is 0 Å². The summed E-state index contributed by atoms with van der Waals surface area (Å²) in [4.78, 5) is 0. The van der Waals surface area contributed by atoms with Crippen molar-refractivity contribution in [2.24, 2.45) is 5.73 Å². The van der Waals surface area contributed by atoms with Crippen molar-refractivity contribution in [2.45, 2.75) is 13.0 Å². The van der Waals surface area contributed by atoms with E-state index in [1.54, 1.807) is 16.1 Å². The van der Waals surface area contributed by atoms with Gasteiger partial charge in [0.1, 0.15) is 0 Å². The van der Waals surface area contributed by atoms with Gasteiger partial charge in [0.25, 0.3) is 0 Å². The Morgan fingerprint density at radius 2 is 2.07 bits per heavy atom. The first-order valence-corrected chi connectivity index (χ1v) is 18.4. The van der Waals surface area contributed by atoms with Gasteiger partial charge in [0, 0.05) is 0 Å². The second-order valence-corrected chi connectivity index (χ2v) is 27.9. The summed E-state index contributed by atoms with van der Waals surface area (Å²) in [6.07, 6.45) is 2.09. The molecule has 15 heavy (non-hydrogen) atoms. The quantitative estimate of drug-likeness (QED) is 0.793. The number of benzene rings is 1. The number of hydrogen-bond donors (Lipinski definition) is 1. The molecule has 84 valence electrons. The molecule has 0 saturated heterocycles. The van der Waals surface area contributed by atoms with E-state index in [2.05, 4.69) is 31.1 Å². The summed E-state index contributed by atoms with van der Waals surface area (Å²) in [6.45, 7) is 2.01. The molecule has 1 aromatic carbocycles. The second kappa shape index (κ2) is 5.91. The second-order valence-electron chi connectivity index (χ2n) is 3.32. The van der Waals surface area contributed by atoms with E-state index in [-0.39, 0.29) is 6.04 Å². The van der Waals surface area contributed by atoms with Crippen LogP contribution in [0.25, 0.3) is 0 Å². The van der Waals surface area contributed by atoms with Gasteiger partial charge in [-0.15, -0.1) is 0 Å². The molecule has 0 saturated carbocycles. The standard InChI is InChI=1S/C8H10N.CH3O.CH4S.BrH.Sn/c1-7(9)8-5-3-2-4-6-8;2*1-2;;/h2-5,7H,9H2,1H3;1H3;2H,1H3;1H;/q;-1;;;+3/p-2. The van der Waals surface area contributed by atoms with Crippen LogP contribution in [-0.2, 0) is 3.07 Å². The molecule has 2 N–H and O–H groups in total. The van der Waals surface area contributed by atoms with Crippen LogP contribution in [0, 0.1) is 0 Å². The van der Waals surface area contributed by atoms with Gasteiger partial charge in [-0.3, -0.25) is 0 Å². The Bertz CT molecular complexity index is 331. The normalized spacial score (nSPS) is 17.1. The molecule has 2 nitrogen and oxygen atoms in total. The molecule has 0 aliphatic carbocycles. The van der Waals surface area contributed by atoms with Crippen molar-refractivity contribution >= 4 is 40.4 Å². The van der Waals surface area contributed by atoms with Crippen LogP contribution in [0.2, 0.25) is 0 Å². The van der Waals surface area contributed by atoms with Crippen molar-refractivity contribution in [3.05, 3.63) is 29.8 Å². The van der Waals surface area contributed by atoms with Crippen molar-refractivity contribution in [2.75, 3.05) is 13.4 Å². The molecule has 0 heterocycles. The summed E-state index contributed by atoms with van der Waals surface area (Å²) < 4.78 is 6.99. The minimum absolute atomic E-state index is 0.0529. The van der Waals surface area contributed by atoms with E-state index in [0.717, 1.165) is 0 Å². The molecule has 2 unspecified atom stereocenters. The zero-order valence-corrected chi connectivity index (χ0v) is 14.4. The maximum atomic E-state index is 5.97. The molecule has 5 heteroatoms. The van der Waals surface area contributed by atoms with Gasteiger partial charge in [-0.25, -0.2) is 0 Å². The molecule has 0 fully saturated rings. The Kier molecular flexibility index (Phi) is 5.45. The van der Waals surface area contributed by atoms with Crippen molar-refractivity contribution in [3.8, 4) is 0 Å². The Balaban J connectivity index is 3.23. The fourth-order valence-corrected chi connectivity index (χ4v) is 12.2. The molecule has 0 radical (unpaired) electrons. The van der Waals surface area contributed by atoms with Gasteiger partial charge in [-0.2, -0.15) is 0 Å². The summed E-state index contributed by atoms with van der Waals surface area (Å²) in [5.74, 6) is 0. The molecule has 0 spiro atoms. The molecule has 0 aromatic heterocycles. The van der Waals surface area contributed by atoms with E-state index in [0.29, 0.717) is 0 Å². The third-order valence-electron chi connectivity index (χ3n) is 2.30. The first-order valence-electron chi connectivity index (χ1n) is 4.69. The predicted octanol–water partition coefficient (Wildman–Crippen LogP) is 2.26. The third-order valence-corrected chi connectivity index (χ3v) is 26.1. The summed E-state index contributed by atoms with van der Waals surface area (Å²) >= 11 is 0.991. The molecule has 1 aromatic rings. The average molecular weight is 397 g/mol. The van der Waals surface area contributed by atoms with E-state index in [1.165, 1.54) is 9.14 Å². The minimum atomic E-state index is -2.81. The molecule has 0 bridgehead atoms. The maximum absolute atomic E-state index is 5.97. The van der Waals surface area contributed by atoms with Gasteiger partial charge in [-0.05, 0) is 0 Å². The van der Waals surface area contributed by atoms with Crippen LogP contribution < -0.4 is 9.31 Å². The molecule has 0 aliphatic rings. The Hall–Kier alpha value is 0.769. The van der Waals surface area contributed by atoms with Gasteiger partial charge in [0.15, 0.2) is 0 Å². The van der Waals surface area contributed by atoms with Crippen LogP contribution in [0.5, 0.6) is 0 Å². The van der Waals surface area contributed by atoms with Gasteiger partial charge < -0.3 is 0 Å². The molecule has 0 aliphatic heterocycles. The van der Waals surface area contributed by atoms with Crippen molar-refractivity contribution in [1.29, 1.82) is 0 Å². The predicted molar refractivity (Wildman–Crippen MR) is 73.9 cm³/mol. The van der Waals surface area contributed by atoms with Crippen molar-refractivity contribution < 1.29 is 3.07 Å². The van der Waals surface area contributed by atoms with Crippen LogP contribution in [0.1, 0.15) is 18.5 Å². The van der Waals surface area contributed by atoms with Crippen LogP contribution in [0.4, 0.5) is 0 Å². The molecular formula is C10H16BrNOSSn. The Morgan fingerprint density at radius 1 is 1.47 bits per heavy atom. The summed E-state index contributed by atoms with van der Waals surface area (Å²) in [7, 11) is 3.58. The van der Waals surface area contributed by atoms with E-state index in [9.17, 15) is 0 Å². The molecular weight excluding hydrogens is 381 g/mol. The number of nitrogens with two attached hydrogens (primary N) is 1. The van der Waals surface area contributed by atoms with Gasteiger partial charge in [-0.1, -0.05) is 0 Å². The van der Waals surface area contributed by atoms with Crippen molar-refractivity contribution in [1.82, 2.24) is 0 Å². The van der Waals surface area contributed by atoms with E-state index >= 15 is 0 Å². The molecule has 1 rings (SSSR count). The van der Waals surface area contributed by atoms with Crippen LogP contribution in [0.15, 0.2) is 24.3 Å². The summed E-state index contributed by atoms with van der Waals surface area (Å²) in [5, 5.41) is 0. The fourth-order valence-electron chi connectivity index (χ4n) is 1.47. The van der Waals surface area contributed by atoms with E-state index in [4.69, 9.17) is 8.81 Å². The molecule has 0 amide bonds. The van der Waals surface area contributed by atoms with Crippen LogP contribution in [0.3, 0.4) is 0 Å². The third kappa shape index (κ3) is 3.12. The van der Waals surface area contributed by atoms with Crippen LogP contribution in [-0.4, -0.2) is 28.6 Å². The van der Waals surface area contributed by atoms with Gasteiger partial charge >= 0.3 is 105 Å². The van der Waals surface area contributed by atoms with Gasteiger partial charge in [0.05, 0.1) is 0 Å². The SMILES string of the molecule is C[O][Sn]([Br])([S]C)[c]1ccccc1C(C)N. The topological polar surface area (TPSA) is 35.2 Å². The summed E-state index contributed by atoms with van der Waals surface area (Å²) in [5.41, 5.74) is 7.16. The fraction of sp³-hybridized carbons (Fsp3) is 0.400. The number of halogens is 1. The van der Waals surface area contributed by atoms with Crippen molar-refractivity contribution in [3.63, 3.8) is 0 Å². The monoisotopic (exact) mass is 397 g/mol. The number of rotatable bonds is 4. The Labute approximate surface area is 105 Å². The first kappa shape index (κ1) is 13.8. The first-order chi connectivity index (χ1) is 7.05. The summed E-state index contributed by atoms with van der Waals surface area (Å²) in [6, 6.07) is 8.34. The zero-order chi connectivity index (χ0) is 11.5. The number of hydrogen-bond acceptors (Lipinski definition) is 3. The Morgan fingerprint density at radius 3 is 2.53 bits per heavy atom.